The van der Waals surface area contributed by atoms with Crippen LogP contribution in [0.4, 0.5) is 0 Å². The van der Waals surface area contributed by atoms with Gasteiger partial charge < -0.3 is 18.6 Å². The van der Waals surface area contributed by atoms with Gasteiger partial charge >= 0.3 is 11.6 Å². The number of carbonyl (C=O) groups is 1. The molecule has 0 spiro atoms. The van der Waals surface area contributed by atoms with Crippen molar-refractivity contribution in [3.8, 4) is 11.5 Å². The minimum atomic E-state index is -0.542. The number of benzene rings is 2. The van der Waals surface area contributed by atoms with Gasteiger partial charge in [-0.3, -0.25) is 0 Å². The number of hydrogen-bond donors (Lipinski definition) is 0. The summed E-state index contributed by atoms with van der Waals surface area (Å²) in [5.41, 5.74) is 1.98. The Morgan fingerprint density at radius 3 is 2.76 bits per heavy atom. The second-order valence-electron chi connectivity index (χ2n) is 6.53. The van der Waals surface area contributed by atoms with Crippen molar-refractivity contribution in [3.63, 3.8) is 0 Å². The molecule has 0 atom stereocenters. The van der Waals surface area contributed by atoms with Crippen LogP contribution in [0.2, 0.25) is 5.02 Å². The molecule has 0 saturated heterocycles. The minimum Gasteiger partial charge on any atom is -0.486 e. The Bertz CT molecular complexity index is 1180. The van der Waals surface area contributed by atoms with Crippen molar-refractivity contribution in [2.45, 2.75) is 13.5 Å². The van der Waals surface area contributed by atoms with Gasteiger partial charge in [-0.15, -0.1) is 0 Å². The maximum Gasteiger partial charge on any atom is 0.336 e. The molecule has 0 saturated carbocycles. The number of hydrogen-bond acceptors (Lipinski definition) is 6. The summed E-state index contributed by atoms with van der Waals surface area (Å²) in [5, 5.41) is 1.17. The molecule has 148 valence electrons. The van der Waals surface area contributed by atoms with Gasteiger partial charge in [0, 0.05) is 28.1 Å². The van der Waals surface area contributed by atoms with E-state index in [2.05, 4.69) is 0 Å². The lowest BCUT2D eigenvalue weighted by Crippen LogP contribution is -2.15. The van der Waals surface area contributed by atoms with E-state index in [9.17, 15) is 9.59 Å². The summed E-state index contributed by atoms with van der Waals surface area (Å²) in [6.07, 6.45) is 2.94. The lowest BCUT2D eigenvalue weighted by Gasteiger charge is -2.18. The Labute approximate surface area is 171 Å². The average Bonchev–Trinajstić information content (AvgIpc) is 2.71. The van der Waals surface area contributed by atoms with Crippen molar-refractivity contribution < 1.29 is 23.4 Å². The molecule has 29 heavy (non-hydrogen) atoms. The van der Waals surface area contributed by atoms with E-state index in [0.717, 1.165) is 11.1 Å². The fourth-order valence-electron chi connectivity index (χ4n) is 2.99. The zero-order valence-electron chi connectivity index (χ0n) is 15.6. The molecule has 7 heteroatoms. The monoisotopic (exact) mass is 412 g/mol. The fraction of sp³-hybridized carbons (Fsp3) is 0.182. The maximum atomic E-state index is 12.1. The Kier molecular flexibility index (Phi) is 5.27. The second-order valence-corrected chi connectivity index (χ2v) is 6.94. The summed E-state index contributed by atoms with van der Waals surface area (Å²) >= 11 is 6.17. The number of rotatable bonds is 4. The molecule has 1 aliphatic heterocycles. The zero-order valence-corrected chi connectivity index (χ0v) is 16.3. The number of carbonyl (C=O) groups excluding carboxylic acids is 1. The quantitative estimate of drug-likeness (QED) is 0.361. The summed E-state index contributed by atoms with van der Waals surface area (Å²) in [7, 11) is 0. The van der Waals surface area contributed by atoms with Gasteiger partial charge in [-0.25, -0.2) is 9.59 Å². The molecule has 0 aliphatic carbocycles. The van der Waals surface area contributed by atoms with Gasteiger partial charge in [0.25, 0.3) is 0 Å². The molecule has 1 aliphatic rings. The number of aryl methyl sites for hydroxylation is 1. The number of halogens is 1. The fourth-order valence-corrected chi connectivity index (χ4v) is 3.16. The van der Waals surface area contributed by atoms with Crippen LogP contribution < -0.4 is 15.1 Å². The predicted octanol–water partition coefficient (Wildman–Crippen LogP) is 4.28. The first-order chi connectivity index (χ1) is 14.0. The molecule has 0 amide bonds. The Balaban J connectivity index is 1.48. The van der Waals surface area contributed by atoms with Crippen LogP contribution >= 0.6 is 11.6 Å². The molecule has 4 rings (SSSR count). The third-order valence-corrected chi connectivity index (χ3v) is 4.86. The molecule has 0 fully saturated rings. The van der Waals surface area contributed by atoms with Crippen LogP contribution in [-0.4, -0.2) is 19.2 Å². The smallest absolute Gasteiger partial charge is 0.336 e. The minimum absolute atomic E-state index is 0.0776. The Hall–Kier alpha value is -3.25. The molecular formula is C22H17ClO6. The molecule has 1 aromatic heterocycles. The summed E-state index contributed by atoms with van der Waals surface area (Å²) < 4.78 is 21.5. The van der Waals surface area contributed by atoms with Crippen molar-refractivity contribution in [1.29, 1.82) is 0 Å². The summed E-state index contributed by atoms with van der Waals surface area (Å²) in [4.78, 5) is 23.9. The largest absolute Gasteiger partial charge is 0.486 e. The van der Waals surface area contributed by atoms with Crippen molar-refractivity contribution in [3.05, 3.63) is 74.6 Å². The van der Waals surface area contributed by atoms with Crippen LogP contribution in [0.3, 0.4) is 0 Å². The molecule has 0 N–H and O–H groups in total. The number of fused-ring (bicyclic) bond motifs is 2. The third-order valence-electron chi connectivity index (χ3n) is 4.46. The highest BCUT2D eigenvalue weighted by atomic mass is 35.5. The van der Waals surface area contributed by atoms with E-state index in [1.54, 1.807) is 30.3 Å². The Morgan fingerprint density at radius 2 is 1.93 bits per heavy atom. The molecule has 2 aromatic carbocycles. The average molecular weight is 413 g/mol. The topological polar surface area (TPSA) is 75.0 Å². The first kappa shape index (κ1) is 19.1. The first-order valence-electron chi connectivity index (χ1n) is 8.97. The lowest BCUT2D eigenvalue weighted by molar-refractivity contribution is -0.138. The summed E-state index contributed by atoms with van der Waals surface area (Å²) in [5.74, 6) is 0.778. The molecule has 6 nitrogen and oxygen atoms in total. The van der Waals surface area contributed by atoms with Gasteiger partial charge in [-0.05, 0) is 48.4 Å². The van der Waals surface area contributed by atoms with E-state index in [0.29, 0.717) is 46.3 Å². The van der Waals surface area contributed by atoms with Gasteiger partial charge in [0.15, 0.2) is 11.5 Å². The van der Waals surface area contributed by atoms with E-state index in [4.69, 9.17) is 30.2 Å². The van der Waals surface area contributed by atoms with Gasteiger partial charge in [0.05, 0.1) is 0 Å². The predicted molar refractivity (Wildman–Crippen MR) is 108 cm³/mol. The van der Waals surface area contributed by atoms with E-state index in [1.807, 2.05) is 13.0 Å². The molecule has 2 heterocycles. The van der Waals surface area contributed by atoms with Crippen LogP contribution in [0.1, 0.15) is 16.7 Å². The molecule has 0 bridgehead atoms. The van der Waals surface area contributed by atoms with Crippen molar-refractivity contribution >= 4 is 34.6 Å². The zero-order chi connectivity index (χ0) is 20.4. The highest BCUT2D eigenvalue weighted by molar-refractivity contribution is 6.32. The maximum absolute atomic E-state index is 12.1. The highest BCUT2D eigenvalue weighted by Gasteiger charge is 2.12. The number of esters is 1. The van der Waals surface area contributed by atoms with Gasteiger partial charge in [0.2, 0.25) is 0 Å². The van der Waals surface area contributed by atoms with E-state index < -0.39 is 11.6 Å². The van der Waals surface area contributed by atoms with Crippen LogP contribution in [-0.2, 0) is 16.1 Å². The van der Waals surface area contributed by atoms with Crippen LogP contribution in [0.15, 0.2) is 51.7 Å². The summed E-state index contributed by atoms with van der Waals surface area (Å²) in [6.45, 7) is 2.75. The highest BCUT2D eigenvalue weighted by Crippen LogP contribution is 2.31. The summed E-state index contributed by atoms with van der Waals surface area (Å²) in [6, 6.07) is 10.1. The van der Waals surface area contributed by atoms with Gasteiger partial charge in [-0.2, -0.15) is 0 Å². The first-order valence-corrected chi connectivity index (χ1v) is 9.35. The van der Waals surface area contributed by atoms with E-state index >= 15 is 0 Å². The molecule has 0 unspecified atom stereocenters. The standard InChI is InChI=1S/C22H17ClO6/c1-13-8-19-16(11-17(13)23)15(10-22(25)29-19)12-28-21(24)5-3-14-2-4-18-20(9-14)27-7-6-26-18/h2-5,8-11H,6-7,12H2,1H3/b5-3+. The second kappa shape index (κ2) is 8.01. The van der Waals surface area contributed by atoms with Crippen molar-refractivity contribution in [2.24, 2.45) is 0 Å². The van der Waals surface area contributed by atoms with Crippen molar-refractivity contribution in [1.82, 2.24) is 0 Å². The van der Waals surface area contributed by atoms with Crippen LogP contribution in [0.5, 0.6) is 11.5 Å². The Morgan fingerprint density at radius 1 is 1.14 bits per heavy atom. The van der Waals surface area contributed by atoms with E-state index in [-0.39, 0.29) is 6.61 Å². The number of ether oxygens (including phenoxy) is 3. The SMILES string of the molecule is Cc1cc2oc(=O)cc(COC(=O)/C=C/c3ccc4c(c3)OCCO4)c2cc1Cl. The van der Waals surface area contributed by atoms with Gasteiger partial charge in [-0.1, -0.05) is 17.7 Å². The normalized spacial score (nSPS) is 13.0. The third kappa shape index (κ3) is 4.27. The molecular weight excluding hydrogens is 396 g/mol. The van der Waals surface area contributed by atoms with Gasteiger partial charge in [0.1, 0.15) is 25.4 Å². The molecule has 0 radical (unpaired) electrons. The van der Waals surface area contributed by atoms with Crippen LogP contribution in [0, 0.1) is 6.92 Å². The lowest BCUT2D eigenvalue weighted by atomic mass is 10.1. The van der Waals surface area contributed by atoms with Crippen molar-refractivity contribution in [2.75, 3.05) is 13.2 Å². The van der Waals surface area contributed by atoms with Crippen LogP contribution in [0.25, 0.3) is 17.0 Å². The molecule has 3 aromatic rings. The van der Waals surface area contributed by atoms with E-state index in [1.165, 1.54) is 12.1 Å².